The molecule has 2 aromatic carbocycles. The zero-order valence-corrected chi connectivity index (χ0v) is 18.1. The fourth-order valence-electron chi connectivity index (χ4n) is 3.31. The Balaban J connectivity index is 0.00000243. The van der Waals surface area contributed by atoms with Crippen molar-refractivity contribution in [1.82, 2.24) is 9.55 Å². The molecule has 3 aromatic rings. The van der Waals surface area contributed by atoms with Crippen molar-refractivity contribution in [2.24, 2.45) is 0 Å². The maximum atomic E-state index is 4.64. The van der Waals surface area contributed by atoms with Crippen LogP contribution in [0, 0.1) is 6.07 Å². The van der Waals surface area contributed by atoms with E-state index in [0.717, 1.165) is 24.2 Å². The van der Waals surface area contributed by atoms with E-state index in [4.69, 9.17) is 0 Å². The Morgan fingerprint density at radius 1 is 0.923 bits per heavy atom. The van der Waals surface area contributed by atoms with Crippen LogP contribution in [0.4, 0.5) is 0 Å². The van der Waals surface area contributed by atoms with E-state index in [2.05, 4.69) is 59.9 Å². The first-order valence-electron chi connectivity index (χ1n) is 9.46. The van der Waals surface area contributed by atoms with Gasteiger partial charge in [-0.2, -0.15) is 0 Å². The molecule has 0 bridgehead atoms. The third kappa shape index (κ3) is 4.72. The Morgan fingerprint density at radius 3 is 2.19 bits per heavy atom. The largest absolute Gasteiger partial charge is 0.340 e. The zero-order chi connectivity index (χ0) is 17.5. The van der Waals surface area contributed by atoms with Gasteiger partial charge in [0, 0.05) is 38.2 Å². The van der Waals surface area contributed by atoms with E-state index >= 15 is 0 Å². The van der Waals surface area contributed by atoms with E-state index in [1.54, 1.807) is 0 Å². The zero-order valence-electron chi connectivity index (χ0n) is 15.7. The number of imidazole rings is 1. The molecule has 0 N–H and O–H groups in total. The summed E-state index contributed by atoms with van der Waals surface area (Å²) in [5.41, 5.74) is 5.21. The normalized spacial score (nSPS) is 10.5. The van der Waals surface area contributed by atoms with Gasteiger partial charge in [0.15, 0.2) is 0 Å². The van der Waals surface area contributed by atoms with Crippen LogP contribution in [0.2, 0.25) is 0 Å². The van der Waals surface area contributed by atoms with Gasteiger partial charge in [0.2, 0.25) is 0 Å². The summed E-state index contributed by atoms with van der Waals surface area (Å²) in [6.07, 6.45) is 11.1. The number of unbranched alkanes of at least 4 members (excludes halogenated alkanes) is 2. The molecule has 0 atom stereocenters. The Hall–Kier alpha value is -1.70. The van der Waals surface area contributed by atoms with Crippen LogP contribution in [0.15, 0.2) is 54.9 Å². The summed E-state index contributed by atoms with van der Waals surface area (Å²) >= 11 is 0. The van der Waals surface area contributed by atoms with Crippen LogP contribution < -0.4 is 0 Å². The minimum Gasteiger partial charge on any atom is -0.340 e. The Morgan fingerprint density at radius 2 is 1.62 bits per heavy atom. The van der Waals surface area contributed by atoms with E-state index in [0.29, 0.717) is 0 Å². The molecule has 3 heteroatoms. The molecule has 0 spiro atoms. The molecule has 139 valence electrons. The Kier molecular flexibility index (Phi) is 8.28. The number of aryl methyl sites for hydroxylation is 2. The standard InChI is InChI=1S/C23H27N2.Ir/c1-3-5-11-19-15-10-16-20(12-6-4-2)22(19)25-18-17-24-23(25)21-13-8-7-9-14-21;/h7-10,13,15-18H,3-6,11-12H2,1-2H3;/q-1;. The first-order valence-corrected chi connectivity index (χ1v) is 9.46. The number of nitrogens with zero attached hydrogens (tertiary/aromatic N) is 2. The molecule has 0 fully saturated rings. The molecular weight excluding hydrogens is 496 g/mol. The van der Waals surface area contributed by atoms with Gasteiger partial charge < -0.3 is 4.57 Å². The topological polar surface area (TPSA) is 17.8 Å². The van der Waals surface area contributed by atoms with E-state index < -0.39 is 0 Å². The summed E-state index contributed by atoms with van der Waals surface area (Å²) < 4.78 is 2.27. The molecule has 1 heterocycles. The molecular formula is C23H27IrN2-. The number of benzene rings is 2. The third-order valence-electron chi connectivity index (χ3n) is 4.63. The van der Waals surface area contributed by atoms with Gasteiger partial charge in [-0.1, -0.05) is 44.9 Å². The van der Waals surface area contributed by atoms with E-state index in [9.17, 15) is 0 Å². The molecule has 0 aliphatic carbocycles. The van der Waals surface area contributed by atoms with Crippen LogP contribution in [-0.2, 0) is 32.9 Å². The van der Waals surface area contributed by atoms with Crippen LogP contribution in [0.25, 0.3) is 17.1 Å². The fourth-order valence-corrected chi connectivity index (χ4v) is 3.31. The molecule has 0 aliphatic rings. The van der Waals surface area contributed by atoms with E-state index in [1.165, 1.54) is 42.5 Å². The second kappa shape index (κ2) is 10.4. The molecule has 26 heavy (non-hydrogen) atoms. The average Bonchev–Trinajstić information content (AvgIpc) is 3.14. The van der Waals surface area contributed by atoms with Crippen LogP contribution in [-0.4, -0.2) is 9.55 Å². The smallest absolute Gasteiger partial charge is 0.0602 e. The van der Waals surface area contributed by atoms with Crippen LogP contribution in [0.5, 0.6) is 0 Å². The molecule has 3 rings (SSSR count). The van der Waals surface area contributed by atoms with Crippen molar-refractivity contribution in [3.05, 3.63) is 72.1 Å². The Labute approximate surface area is 171 Å². The Bertz CT molecular complexity index is 767. The number of para-hydroxylation sites is 1. The molecule has 0 amide bonds. The minimum absolute atomic E-state index is 0. The van der Waals surface area contributed by atoms with Gasteiger partial charge in [0.1, 0.15) is 0 Å². The second-order valence-corrected chi connectivity index (χ2v) is 6.53. The molecule has 0 saturated carbocycles. The molecule has 0 saturated heterocycles. The van der Waals surface area contributed by atoms with Crippen molar-refractivity contribution in [3.63, 3.8) is 0 Å². The first kappa shape index (κ1) is 20.6. The van der Waals surface area contributed by atoms with Gasteiger partial charge in [-0.05, 0) is 36.8 Å². The second-order valence-electron chi connectivity index (χ2n) is 6.53. The van der Waals surface area contributed by atoms with Gasteiger partial charge in [0.25, 0.3) is 0 Å². The van der Waals surface area contributed by atoms with Crippen LogP contribution in [0.1, 0.15) is 50.7 Å². The van der Waals surface area contributed by atoms with Gasteiger partial charge in [-0.3, -0.25) is 4.98 Å². The minimum atomic E-state index is 0. The van der Waals surface area contributed by atoms with Crippen molar-refractivity contribution in [2.75, 3.05) is 0 Å². The first-order chi connectivity index (χ1) is 12.3. The summed E-state index contributed by atoms with van der Waals surface area (Å²) in [7, 11) is 0. The summed E-state index contributed by atoms with van der Waals surface area (Å²) in [6, 6.07) is 18.2. The van der Waals surface area contributed by atoms with Crippen molar-refractivity contribution >= 4 is 0 Å². The quantitative estimate of drug-likeness (QED) is 0.330. The van der Waals surface area contributed by atoms with E-state index in [-0.39, 0.29) is 20.1 Å². The van der Waals surface area contributed by atoms with Crippen molar-refractivity contribution < 1.29 is 20.1 Å². The SMILES string of the molecule is CCCCc1cccc(CCCC)c1-n1ccnc1-c1[c-]cccc1.[Ir]. The average molecular weight is 524 g/mol. The molecule has 1 aromatic heterocycles. The monoisotopic (exact) mass is 524 g/mol. The number of hydrogen-bond acceptors (Lipinski definition) is 1. The molecule has 2 nitrogen and oxygen atoms in total. The van der Waals surface area contributed by atoms with Crippen LogP contribution >= 0.6 is 0 Å². The summed E-state index contributed by atoms with van der Waals surface area (Å²) in [5, 5.41) is 0. The summed E-state index contributed by atoms with van der Waals surface area (Å²) in [6.45, 7) is 4.50. The van der Waals surface area contributed by atoms with Gasteiger partial charge in [-0.25, -0.2) is 0 Å². The van der Waals surface area contributed by atoms with Gasteiger partial charge >= 0.3 is 0 Å². The number of hydrogen-bond donors (Lipinski definition) is 0. The van der Waals surface area contributed by atoms with Crippen molar-refractivity contribution in [1.29, 1.82) is 0 Å². The van der Waals surface area contributed by atoms with Gasteiger partial charge in [0.05, 0.1) is 5.82 Å². The van der Waals surface area contributed by atoms with Crippen molar-refractivity contribution in [2.45, 2.75) is 52.4 Å². The van der Waals surface area contributed by atoms with E-state index in [1.807, 2.05) is 24.4 Å². The molecule has 0 aliphatic heterocycles. The van der Waals surface area contributed by atoms with Gasteiger partial charge in [-0.15, -0.1) is 35.9 Å². The predicted octanol–water partition coefficient (Wildman–Crippen LogP) is 6.02. The number of rotatable bonds is 8. The molecule has 0 unspecified atom stereocenters. The maximum Gasteiger partial charge on any atom is 0.0602 e. The maximum absolute atomic E-state index is 4.64. The van der Waals surface area contributed by atoms with Crippen molar-refractivity contribution in [3.8, 4) is 17.1 Å². The summed E-state index contributed by atoms with van der Waals surface area (Å²) in [4.78, 5) is 4.64. The summed E-state index contributed by atoms with van der Waals surface area (Å²) in [5.74, 6) is 0.974. The third-order valence-corrected chi connectivity index (χ3v) is 4.63. The predicted molar refractivity (Wildman–Crippen MR) is 105 cm³/mol. The fraction of sp³-hybridized carbons (Fsp3) is 0.348. The van der Waals surface area contributed by atoms with Crippen LogP contribution in [0.3, 0.4) is 0 Å². The number of aromatic nitrogens is 2. The molecule has 1 radical (unpaired) electrons.